The highest BCUT2D eigenvalue weighted by Crippen LogP contribution is 2.26. The molecule has 0 aliphatic carbocycles. The number of hydrogen-bond acceptors (Lipinski definition) is 4. The van der Waals surface area contributed by atoms with Gasteiger partial charge in [-0.25, -0.2) is 0 Å². The lowest BCUT2D eigenvalue weighted by Gasteiger charge is -2.32. The van der Waals surface area contributed by atoms with Crippen molar-refractivity contribution in [1.82, 2.24) is 15.5 Å². The van der Waals surface area contributed by atoms with Gasteiger partial charge in [-0.15, -0.1) is 0 Å². The molecule has 1 atom stereocenters. The van der Waals surface area contributed by atoms with Crippen LogP contribution in [0, 0.1) is 5.92 Å². The van der Waals surface area contributed by atoms with E-state index in [2.05, 4.69) is 15.5 Å². The van der Waals surface area contributed by atoms with Gasteiger partial charge in [-0.1, -0.05) is 64.6 Å². The zero-order chi connectivity index (χ0) is 31.1. The van der Waals surface area contributed by atoms with Gasteiger partial charge >= 0.3 is 0 Å². The maximum absolute atomic E-state index is 13.5. The third-order valence-corrected chi connectivity index (χ3v) is 8.73. The lowest BCUT2D eigenvalue weighted by Crippen LogP contribution is -2.49. The molecule has 3 aromatic carbocycles. The van der Waals surface area contributed by atoms with Gasteiger partial charge in [-0.3, -0.25) is 14.5 Å². The minimum absolute atomic E-state index is 0.235. The average Bonchev–Trinajstić information content (AvgIpc) is 2.95. The normalized spacial score (nSPS) is 15.1. The van der Waals surface area contributed by atoms with E-state index in [-0.39, 0.29) is 16.5 Å². The van der Waals surface area contributed by atoms with Crippen molar-refractivity contribution in [3.63, 3.8) is 0 Å². The lowest BCUT2D eigenvalue weighted by atomic mass is 9.96. The largest absolute Gasteiger partial charge is 0.488 e. The zero-order valence-electron chi connectivity index (χ0n) is 24.6. The van der Waals surface area contributed by atoms with Crippen LogP contribution in [0.4, 0.5) is 0 Å². The Bertz CT molecular complexity index is 1420. The van der Waals surface area contributed by atoms with Crippen LogP contribution in [0.1, 0.15) is 55.1 Å². The van der Waals surface area contributed by atoms with E-state index in [0.29, 0.717) is 39.5 Å². The first-order valence-electron chi connectivity index (χ1n) is 14.3. The molecule has 1 fully saturated rings. The Morgan fingerprint density at radius 1 is 0.860 bits per heavy atom. The smallest absolute Gasteiger partial charge is 0.251 e. The molecule has 10 heteroatoms. The summed E-state index contributed by atoms with van der Waals surface area (Å²) < 4.78 is 5.92. The zero-order valence-corrected chi connectivity index (χ0v) is 27.6. The van der Waals surface area contributed by atoms with Crippen LogP contribution in [0.2, 0.25) is 20.1 Å². The maximum Gasteiger partial charge on any atom is 0.251 e. The van der Waals surface area contributed by atoms with Crippen molar-refractivity contribution in [3.8, 4) is 5.75 Å². The number of hydrogen-bond donors (Lipinski definition) is 2. The Morgan fingerprint density at radius 3 is 2.07 bits per heavy atom. The van der Waals surface area contributed by atoms with Crippen LogP contribution in [-0.2, 0) is 17.8 Å². The van der Waals surface area contributed by atoms with Crippen LogP contribution < -0.4 is 15.4 Å². The van der Waals surface area contributed by atoms with Crippen LogP contribution >= 0.6 is 46.4 Å². The van der Waals surface area contributed by atoms with E-state index in [1.165, 1.54) is 6.07 Å². The molecule has 1 saturated heterocycles. The molecule has 0 saturated carbocycles. The number of amides is 2. The van der Waals surface area contributed by atoms with E-state index in [4.69, 9.17) is 51.1 Å². The number of halogens is 4. The van der Waals surface area contributed by atoms with Gasteiger partial charge in [0, 0.05) is 25.1 Å². The average molecular weight is 665 g/mol. The minimum Gasteiger partial charge on any atom is -0.488 e. The number of benzene rings is 3. The summed E-state index contributed by atoms with van der Waals surface area (Å²) in [5, 5.41) is 7.74. The van der Waals surface area contributed by atoms with E-state index in [0.717, 1.165) is 49.4 Å². The monoisotopic (exact) mass is 663 g/mol. The third-order valence-electron chi connectivity index (χ3n) is 7.25. The summed E-state index contributed by atoms with van der Waals surface area (Å²) in [5.74, 6) is 0.445. The van der Waals surface area contributed by atoms with Crippen molar-refractivity contribution >= 4 is 58.2 Å². The fourth-order valence-corrected chi connectivity index (χ4v) is 5.60. The molecular formula is C33H37Cl4N3O3. The van der Waals surface area contributed by atoms with Gasteiger partial charge in [0.1, 0.15) is 17.4 Å². The Kier molecular flexibility index (Phi) is 11.7. The van der Waals surface area contributed by atoms with E-state index in [9.17, 15) is 9.59 Å². The SMILES string of the molecule is CC(C)(C)Oc1ccc(C[C@H](NC(=O)c2ccc(Cl)c(Cl)c2)C(=O)NCC2CCN(Cc3ccc(Cl)c(Cl)c3)CC2)cc1. The molecule has 1 heterocycles. The Hall–Kier alpha value is -2.48. The molecular weight excluding hydrogens is 628 g/mol. The van der Waals surface area contributed by atoms with Gasteiger partial charge in [0.15, 0.2) is 0 Å². The molecule has 2 N–H and O–H groups in total. The molecule has 230 valence electrons. The van der Waals surface area contributed by atoms with E-state index in [1.54, 1.807) is 12.1 Å². The van der Waals surface area contributed by atoms with Crippen LogP contribution in [0.3, 0.4) is 0 Å². The summed E-state index contributed by atoms with van der Waals surface area (Å²) in [4.78, 5) is 29.0. The van der Waals surface area contributed by atoms with Crippen molar-refractivity contribution < 1.29 is 14.3 Å². The van der Waals surface area contributed by atoms with Crippen LogP contribution in [-0.4, -0.2) is 48.0 Å². The first-order chi connectivity index (χ1) is 20.4. The number of nitrogens with zero attached hydrogens (tertiary/aromatic N) is 1. The maximum atomic E-state index is 13.5. The quantitative estimate of drug-likeness (QED) is 0.232. The van der Waals surface area contributed by atoms with Crippen molar-refractivity contribution in [2.24, 2.45) is 5.92 Å². The number of likely N-dealkylation sites (tertiary alicyclic amines) is 1. The molecule has 0 bridgehead atoms. The standard InChI is InChI=1S/C33H37Cl4N3O3/c1-33(2,3)43-25-8-4-21(5-9-25)17-30(39-31(41)24-7-11-27(35)29(37)18-24)32(42)38-19-22-12-14-40(15-13-22)20-23-6-10-26(34)28(36)16-23/h4-11,16,18,22,30H,12-15,17,19-20H2,1-3H3,(H,38,42)(H,39,41)/t30-/m0/s1. The van der Waals surface area contributed by atoms with Gasteiger partial charge in [0.25, 0.3) is 5.91 Å². The summed E-state index contributed by atoms with van der Waals surface area (Å²) in [5.41, 5.74) is 2.03. The molecule has 6 nitrogen and oxygen atoms in total. The number of ether oxygens (including phenoxy) is 1. The molecule has 1 aliphatic rings. The molecule has 0 radical (unpaired) electrons. The Morgan fingerprint density at radius 2 is 1.47 bits per heavy atom. The summed E-state index contributed by atoms with van der Waals surface area (Å²) in [6, 6.07) is 17.2. The highest BCUT2D eigenvalue weighted by molar-refractivity contribution is 6.42. The van der Waals surface area contributed by atoms with E-state index >= 15 is 0 Å². The lowest BCUT2D eigenvalue weighted by molar-refractivity contribution is -0.123. The first-order valence-corrected chi connectivity index (χ1v) is 15.9. The number of nitrogens with one attached hydrogen (secondary N) is 2. The predicted molar refractivity (Wildman–Crippen MR) is 176 cm³/mol. The highest BCUT2D eigenvalue weighted by Gasteiger charge is 2.25. The molecule has 0 aromatic heterocycles. The molecule has 3 aromatic rings. The van der Waals surface area contributed by atoms with Crippen molar-refractivity contribution in [2.45, 2.75) is 58.2 Å². The molecule has 4 rings (SSSR count). The summed E-state index contributed by atoms with van der Waals surface area (Å²) >= 11 is 24.4. The Balaban J connectivity index is 1.36. The van der Waals surface area contributed by atoms with Gasteiger partial charge in [-0.05, 0) is 106 Å². The first kappa shape index (κ1) is 33.4. The number of carbonyl (C=O) groups excluding carboxylic acids is 2. The second-order valence-electron chi connectivity index (χ2n) is 11.9. The highest BCUT2D eigenvalue weighted by atomic mass is 35.5. The van der Waals surface area contributed by atoms with Gasteiger partial charge < -0.3 is 15.4 Å². The fraction of sp³-hybridized carbons (Fsp3) is 0.394. The van der Waals surface area contributed by atoms with Crippen LogP contribution in [0.15, 0.2) is 60.7 Å². The second kappa shape index (κ2) is 15.0. The Labute approximate surface area is 274 Å². The van der Waals surface area contributed by atoms with Crippen molar-refractivity contribution in [2.75, 3.05) is 19.6 Å². The molecule has 2 amide bonds. The second-order valence-corrected chi connectivity index (χ2v) is 13.6. The topological polar surface area (TPSA) is 70.7 Å². The van der Waals surface area contributed by atoms with Gasteiger partial charge in [0.05, 0.1) is 20.1 Å². The van der Waals surface area contributed by atoms with Crippen molar-refractivity contribution in [3.05, 3.63) is 97.4 Å². The van der Waals surface area contributed by atoms with E-state index < -0.39 is 11.9 Å². The van der Waals surface area contributed by atoms with Crippen molar-refractivity contribution in [1.29, 1.82) is 0 Å². The van der Waals surface area contributed by atoms with Crippen LogP contribution in [0.5, 0.6) is 5.75 Å². The molecule has 43 heavy (non-hydrogen) atoms. The molecule has 0 spiro atoms. The predicted octanol–water partition coefficient (Wildman–Crippen LogP) is 7.85. The molecule has 0 unspecified atom stereocenters. The summed E-state index contributed by atoms with van der Waals surface area (Å²) in [6.45, 7) is 9.13. The fourth-order valence-electron chi connectivity index (χ4n) is 4.98. The summed E-state index contributed by atoms with van der Waals surface area (Å²) in [7, 11) is 0. The summed E-state index contributed by atoms with van der Waals surface area (Å²) in [6.07, 6.45) is 2.23. The van der Waals surface area contributed by atoms with Gasteiger partial charge in [0.2, 0.25) is 5.91 Å². The van der Waals surface area contributed by atoms with Crippen LogP contribution in [0.25, 0.3) is 0 Å². The third kappa shape index (κ3) is 10.3. The molecule has 1 aliphatic heterocycles. The minimum atomic E-state index is -0.786. The number of piperidine rings is 1. The number of carbonyl (C=O) groups is 2. The number of rotatable bonds is 10. The van der Waals surface area contributed by atoms with E-state index in [1.807, 2.05) is 63.2 Å². The van der Waals surface area contributed by atoms with Gasteiger partial charge in [-0.2, -0.15) is 0 Å².